The molecule has 1 saturated carbocycles. The second-order valence-electron chi connectivity index (χ2n) is 5.73. The van der Waals surface area contributed by atoms with Crippen LogP contribution in [0.25, 0.3) is 0 Å². The van der Waals surface area contributed by atoms with Crippen molar-refractivity contribution in [3.05, 3.63) is 33.3 Å². The average Bonchev–Trinajstić information content (AvgIpc) is 2.37. The van der Waals surface area contributed by atoms with Gasteiger partial charge in [-0.2, -0.15) is 0 Å². The van der Waals surface area contributed by atoms with E-state index in [-0.39, 0.29) is 11.4 Å². The van der Waals surface area contributed by atoms with E-state index in [0.717, 1.165) is 29.1 Å². The molecule has 0 spiro atoms. The van der Waals surface area contributed by atoms with Gasteiger partial charge in [0.15, 0.2) is 0 Å². The summed E-state index contributed by atoms with van der Waals surface area (Å²) < 4.78 is 0.819. The van der Waals surface area contributed by atoms with Crippen LogP contribution in [0.5, 0.6) is 0 Å². The topological polar surface area (TPSA) is 29.1 Å². The van der Waals surface area contributed by atoms with Gasteiger partial charge in [-0.15, -0.1) is 0 Å². The molecule has 2 unspecified atom stereocenters. The third kappa shape index (κ3) is 3.99. The zero-order chi connectivity index (χ0) is 14.8. The Morgan fingerprint density at radius 3 is 2.85 bits per heavy atom. The Hall–Kier alpha value is -0.0600. The minimum absolute atomic E-state index is 0.0539. The maximum atomic E-state index is 12.5. The minimum Gasteiger partial charge on any atom is -0.346 e. The molecular formula is C15H18Br2ClNO. The van der Waals surface area contributed by atoms with Crippen molar-refractivity contribution in [2.75, 3.05) is 5.33 Å². The molecule has 0 aliphatic heterocycles. The van der Waals surface area contributed by atoms with Gasteiger partial charge < -0.3 is 5.32 Å². The van der Waals surface area contributed by atoms with Crippen molar-refractivity contribution in [1.29, 1.82) is 0 Å². The summed E-state index contributed by atoms with van der Waals surface area (Å²) in [4.78, 5) is 12.5. The Morgan fingerprint density at radius 1 is 1.50 bits per heavy atom. The summed E-state index contributed by atoms with van der Waals surface area (Å²) in [6, 6.07) is 5.28. The first-order valence-corrected chi connectivity index (χ1v) is 9.08. The lowest BCUT2D eigenvalue weighted by molar-refractivity contribution is 0.0869. The summed E-state index contributed by atoms with van der Waals surface area (Å²) in [7, 11) is 0. The zero-order valence-corrected chi connectivity index (χ0v) is 15.3. The Morgan fingerprint density at radius 2 is 2.25 bits per heavy atom. The summed E-state index contributed by atoms with van der Waals surface area (Å²) in [5, 5.41) is 4.57. The van der Waals surface area contributed by atoms with Crippen LogP contribution in [0.2, 0.25) is 5.02 Å². The van der Waals surface area contributed by atoms with Crippen molar-refractivity contribution in [3.8, 4) is 0 Å². The number of hydrogen-bond donors (Lipinski definition) is 1. The molecule has 2 rings (SSSR count). The fourth-order valence-corrected chi connectivity index (χ4v) is 4.44. The fraction of sp³-hybridized carbons (Fsp3) is 0.533. The molecule has 20 heavy (non-hydrogen) atoms. The van der Waals surface area contributed by atoms with Gasteiger partial charge in [-0.1, -0.05) is 63.2 Å². The first kappa shape index (κ1) is 16.3. The highest BCUT2D eigenvalue weighted by atomic mass is 79.9. The van der Waals surface area contributed by atoms with E-state index in [2.05, 4.69) is 44.1 Å². The van der Waals surface area contributed by atoms with Gasteiger partial charge in [0.05, 0.1) is 5.54 Å². The summed E-state index contributed by atoms with van der Waals surface area (Å²) in [6.45, 7) is 2.25. The molecular weight excluding hydrogens is 405 g/mol. The van der Waals surface area contributed by atoms with Gasteiger partial charge in [0.25, 0.3) is 5.91 Å². The van der Waals surface area contributed by atoms with Crippen LogP contribution in [-0.4, -0.2) is 16.8 Å². The van der Waals surface area contributed by atoms with E-state index in [1.54, 1.807) is 18.2 Å². The van der Waals surface area contributed by atoms with E-state index in [1.807, 2.05) is 0 Å². The van der Waals surface area contributed by atoms with Crippen molar-refractivity contribution in [1.82, 2.24) is 5.32 Å². The van der Waals surface area contributed by atoms with Crippen molar-refractivity contribution in [3.63, 3.8) is 0 Å². The molecule has 1 aliphatic rings. The first-order chi connectivity index (χ1) is 9.44. The van der Waals surface area contributed by atoms with E-state index in [1.165, 1.54) is 6.42 Å². The number of nitrogens with one attached hydrogen (secondary N) is 1. The second-order valence-corrected chi connectivity index (χ2v) is 7.64. The molecule has 1 aromatic rings. The van der Waals surface area contributed by atoms with Gasteiger partial charge >= 0.3 is 0 Å². The number of carbonyl (C=O) groups is 1. The maximum Gasteiger partial charge on any atom is 0.251 e. The van der Waals surface area contributed by atoms with Gasteiger partial charge in [-0.3, -0.25) is 4.79 Å². The Kier molecular flexibility index (Phi) is 5.55. The monoisotopic (exact) mass is 421 g/mol. The Labute approximate surface area is 141 Å². The van der Waals surface area contributed by atoms with Crippen molar-refractivity contribution in [2.45, 2.75) is 38.1 Å². The molecule has 1 amide bonds. The number of rotatable bonds is 3. The number of halogens is 3. The first-order valence-electron chi connectivity index (χ1n) is 6.79. The third-order valence-corrected chi connectivity index (χ3v) is 5.60. The smallest absolute Gasteiger partial charge is 0.251 e. The van der Waals surface area contributed by atoms with Gasteiger partial charge in [-0.25, -0.2) is 0 Å². The van der Waals surface area contributed by atoms with Crippen LogP contribution in [0.15, 0.2) is 22.7 Å². The highest BCUT2D eigenvalue weighted by molar-refractivity contribution is 9.10. The van der Waals surface area contributed by atoms with Crippen LogP contribution in [-0.2, 0) is 0 Å². The van der Waals surface area contributed by atoms with Crippen LogP contribution in [0.1, 0.15) is 43.0 Å². The highest BCUT2D eigenvalue weighted by Gasteiger charge is 2.35. The molecule has 1 N–H and O–H groups in total. The van der Waals surface area contributed by atoms with Gasteiger partial charge in [0, 0.05) is 20.4 Å². The maximum absolute atomic E-state index is 12.5. The predicted molar refractivity (Wildman–Crippen MR) is 90.8 cm³/mol. The molecule has 1 aromatic carbocycles. The molecule has 2 nitrogen and oxygen atoms in total. The second kappa shape index (κ2) is 6.80. The van der Waals surface area contributed by atoms with Gasteiger partial charge in [-0.05, 0) is 37.0 Å². The molecule has 1 fully saturated rings. The lowest BCUT2D eigenvalue weighted by atomic mass is 9.77. The summed E-state index contributed by atoms with van der Waals surface area (Å²) in [5.41, 5.74) is 0.465. The zero-order valence-electron chi connectivity index (χ0n) is 11.4. The molecule has 0 radical (unpaired) electrons. The van der Waals surface area contributed by atoms with E-state index in [0.29, 0.717) is 16.5 Å². The number of hydrogen-bond acceptors (Lipinski definition) is 1. The van der Waals surface area contributed by atoms with Gasteiger partial charge in [0.1, 0.15) is 0 Å². The van der Waals surface area contributed by atoms with Crippen molar-refractivity contribution >= 4 is 49.4 Å². The average molecular weight is 424 g/mol. The SMILES string of the molecule is CC1CCCC(CBr)(NC(=O)c2cc(Cl)cc(Br)c2)C1. The number of carbonyl (C=O) groups excluding carboxylic acids is 1. The molecule has 0 saturated heterocycles. The summed E-state index contributed by atoms with van der Waals surface area (Å²) in [6.07, 6.45) is 4.45. The molecule has 0 aromatic heterocycles. The van der Waals surface area contributed by atoms with E-state index >= 15 is 0 Å². The number of amides is 1. The van der Waals surface area contributed by atoms with Crippen LogP contribution < -0.4 is 5.32 Å². The van der Waals surface area contributed by atoms with Gasteiger partial charge in [0.2, 0.25) is 0 Å². The molecule has 2 atom stereocenters. The van der Waals surface area contributed by atoms with Crippen LogP contribution in [0.3, 0.4) is 0 Å². The largest absolute Gasteiger partial charge is 0.346 e. The molecule has 1 aliphatic carbocycles. The standard InChI is InChI=1S/C15H18Br2ClNO/c1-10-3-2-4-15(8-10,9-16)19-14(20)11-5-12(17)7-13(18)6-11/h5-7,10H,2-4,8-9H2,1H3,(H,19,20). The normalized spacial score (nSPS) is 26.3. The predicted octanol–water partition coefficient (Wildman–Crippen LogP) is 5.18. The Bertz CT molecular complexity index is 488. The third-order valence-electron chi connectivity index (χ3n) is 3.85. The molecule has 0 heterocycles. The number of benzene rings is 1. The fourth-order valence-electron chi connectivity index (χ4n) is 2.93. The van der Waals surface area contributed by atoms with E-state index < -0.39 is 0 Å². The van der Waals surface area contributed by atoms with Crippen molar-refractivity contribution < 1.29 is 4.79 Å². The van der Waals surface area contributed by atoms with Crippen LogP contribution in [0.4, 0.5) is 0 Å². The lowest BCUT2D eigenvalue weighted by Crippen LogP contribution is -2.52. The molecule has 110 valence electrons. The van der Waals surface area contributed by atoms with Crippen molar-refractivity contribution in [2.24, 2.45) is 5.92 Å². The van der Waals surface area contributed by atoms with E-state index in [9.17, 15) is 4.79 Å². The summed E-state index contributed by atoms with van der Waals surface area (Å²) in [5.74, 6) is 0.592. The van der Waals surface area contributed by atoms with Crippen LogP contribution >= 0.6 is 43.5 Å². The van der Waals surface area contributed by atoms with Crippen LogP contribution in [0, 0.1) is 5.92 Å². The highest BCUT2D eigenvalue weighted by Crippen LogP contribution is 2.34. The molecule has 5 heteroatoms. The summed E-state index contributed by atoms with van der Waals surface area (Å²) >= 11 is 13.0. The van der Waals surface area contributed by atoms with E-state index in [4.69, 9.17) is 11.6 Å². The Balaban J connectivity index is 2.16. The molecule has 0 bridgehead atoms. The number of alkyl halides is 1. The minimum atomic E-state index is -0.135. The quantitative estimate of drug-likeness (QED) is 0.667. The lowest BCUT2D eigenvalue weighted by Gasteiger charge is -2.39.